The zero-order valence-corrected chi connectivity index (χ0v) is 7.86. The van der Waals surface area contributed by atoms with Gasteiger partial charge in [0, 0.05) is 22.3 Å². The molecule has 0 rings (SSSR count). The van der Waals surface area contributed by atoms with E-state index in [0.717, 1.165) is 0 Å². The lowest BCUT2D eigenvalue weighted by atomic mass is 10.5. The molecule has 84 valence electrons. The number of halogens is 3. The zero-order chi connectivity index (χ0) is 11.2. The molecule has 0 aliphatic carbocycles. The van der Waals surface area contributed by atoms with Crippen LogP contribution in [0.4, 0.5) is 13.2 Å². The van der Waals surface area contributed by atoms with Gasteiger partial charge in [0.05, 0.1) is 13.0 Å². The summed E-state index contributed by atoms with van der Waals surface area (Å²) in [6.07, 6.45) is -5.05. The Kier molecular flexibility index (Phi) is 5.70. The average molecular weight is 234 g/mol. The third-order valence-corrected chi connectivity index (χ3v) is 2.40. The maximum absolute atomic E-state index is 11.4. The lowest BCUT2D eigenvalue weighted by molar-refractivity contribution is -0.322. The Morgan fingerprint density at radius 3 is 2.36 bits per heavy atom. The molecule has 0 saturated heterocycles. The van der Waals surface area contributed by atoms with Gasteiger partial charge >= 0.3 is 12.3 Å². The summed E-state index contributed by atoms with van der Waals surface area (Å²) in [5.41, 5.74) is 0. The fourth-order valence-electron chi connectivity index (χ4n) is 0.554. The fraction of sp³-hybridized carbons (Fsp3) is 0.833. The maximum atomic E-state index is 11.4. The van der Waals surface area contributed by atoms with Crippen LogP contribution >= 0.6 is 0 Å². The smallest absolute Gasteiger partial charge is 0.481 e. The van der Waals surface area contributed by atoms with E-state index in [-0.39, 0.29) is 17.9 Å². The Labute approximate surface area is 80.5 Å². The number of aliphatic carboxylic acids is 1. The molecule has 0 spiro atoms. The monoisotopic (exact) mass is 234 g/mol. The lowest BCUT2D eigenvalue weighted by Gasteiger charge is -2.06. The van der Waals surface area contributed by atoms with Gasteiger partial charge in [-0.25, -0.2) is 0 Å². The zero-order valence-electron chi connectivity index (χ0n) is 7.04. The van der Waals surface area contributed by atoms with Gasteiger partial charge < -0.3 is 5.11 Å². The quantitative estimate of drug-likeness (QED) is 0.736. The second-order valence-electron chi connectivity index (χ2n) is 2.29. The predicted molar refractivity (Wildman–Crippen MR) is 42.1 cm³/mol. The van der Waals surface area contributed by atoms with Crippen LogP contribution in [0.3, 0.4) is 0 Å². The normalized spacial score (nSPS) is 13.9. The summed E-state index contributed by atoms with van der Waals surface area (Å²) in [4.78, 5) is 9.99. The van der Waals surface area contributed by atoms with Crippen molar-refractivity contribution in [2.75, 3.05) is 18.1 Å². The van der Waals surface area contributed by atoms with E-state index in [1.165, 1.54) is 0 Å². The van der Waals surface area contributed by atoms with Crippen LogP contribution in [0.15, 0.2) is 0 Å². The molecule has 0 aliphatic rings. The van der Waals surface area contributed by atoms with E-state index >= 15 is 0 Å². The van der Waals surface area contributed by atoms with Crippen LogP contribution in [0, 0.1) is 0 Å². The summed E-state index contributed by atoms with van der Waals surface area (Å²) in [6, 6.07) is 0. The topological polar surface area (TPSA) is 63.6 Å². The number of hydrogen-bond donors (Lipinski definition) is 1. The molecule has 8 heteroatoms. The van der Waals surface area contributed by atoms with Gasteiger partial charge in [-0.2, -0.15) is 0 Å². The summed E-state index contributed by atoms with van der Waals surface area (Å²) in [6.45, 7) is -0.713. The molecule has 1 unspecified atom stereocenters. The highest BCUT2D eigenvalue weighted by Gasteiger charge is 2.28. The minimum Gasteiger partial charge on any atom is -0.481 e. The molecule has 0 aromatic carbocycles. The standard InChI is InChI=1S/C6H9F3O4S/c7-6(8,9)13-2-4-14(12)3-1-5(10)11/h1-4H2,(H,10,11). The molecule has 0 bridgehead atoms. The second-order valence-corrected chi connectivity index (χ2v) is 3.98. The minimum absolute atomic E-state index is 0.156. The predicted octanol–water partition coefficient (Wildman–Crippen LogP) is 0.746. The van der Waals surface area contributed by atoms with Crippen LogP contribution in [0.1, 0.15) is 6.42 Å². The summed E-state index contributed by atoms with van der Waals surface area (Å²) < 4.78 is 48.4. The molecule has 0 saturated carbocycles. The highest BCUT2D eigenvalue weighted by molar-refractivity contribution is 7.85. The van der Waals surface area contributed by atoms with Crippen molar-refractivity contribution < 1.29 is 32.0 Å². The van der Waals surface area contributed by atoms with E-state index in [9.17, 15) is 22.2 Å². The van der Waals surface area contributed by atoms with Gasteiger partial charge in [0.1, 0.15) is 0 Å². The van der Waals surface area contributed by atoms with Gasteiger partial charge in [-0.3, -0.25) is 13.7 Å². The number of ether oxygens (including phenoxy) is 1. The Hall–Kier alpha value is -0.630. The third-order valence-electron chi connectivity index (χ3n) is 1.12. The number of carboxylic acids is 1. The molecule has 1 N–H and O–H groups in total. The molecule has 0 heterocycles. The first-order valence-corrected chi connectivity index (χ1v) is 5.07. The van der Waals surface area contributed by atoms with Crippen molar-refractivity contribution in [2.24, 2.45) is 0 Å². The molecule has 0 aromatic heterocycles. The maximum Gasteiger partial charge on any atom is 0.522 e. The van der Waals surface area contributed by atoms with E-state index in [1.807, 2.05) is 0 Å². The molecular formula is C6H9F3O4S. The molecule has 1 atom stereocenters. The first-order valence-electron chi connectivity index (χ1n) is 3.59. The van der Waals surface area contributed by atoms with Crippen molar-refractivity contribution in [1.29, 1.82) is 0 Å². The highest BCUT2D eigenvalue weighted by Crippen LogP contribution is 2.15. The summed E-state index contributed by atoms with van der Waals surface area (Å²) in [5, 5.41) is 8.17. The van der Waals surface area contributed by atoms with Crippen molar-refractivity contribution in [3.05, 3.63) is 0 Å². The number of carboxylic acid groups (broad SMARTS) is 1. The molecule has 0 aliphatic heterocycles. The number of alkyl halides is 3. The van der Waals surface area contributed by atoms with E-state index in [1.54, 1.807) is 0 Å². The first-order chi connectivity index (χ1) is 6.31. The Morgan fingerprint density at radius 2 is 1.93 bits per heavy atom. The second kappa shape index (κ2) is 5.97. The molecule has 0 aromatic rings. The van der Waals surface area contributed by atoms with E-state index in [2.05, 4.69) is 4.74 Å². The Balaban J connectivity index is 3.50. The summed E-state index contributed by atoms with van der Waals surface area (Å²) in [5.74, 6) is -1.60. The van der Waals surface area contributed by atoms with Crippen LogP contribution in [0.25, 0.3) is 0 Å². The molecule has 0 amide bonds. The Bertz CT molecular complexity index is 216. The van der Waals surface area contributed by atoms with Crippen molar-refractivity contribution in [3.63, 3.8) is 0 Å². The van der Waals surface area contributed by atoms with Gasteiger partial charge in [-0.05, 0) is 0 Å². The molecule has 0 radical (unpaired) electrons. The van der Waals surface area contributed by atoms with E-state index < -0.39 is 29.7 Å². The largest absolute Gasteiger partial charge is 0.522 e. The third kappa shape index (κ3) is 9.46. The van der Waals surface area contributed by atoms with Gasteiger partial charge in [0.2, 0.25) is 0 Å². The Morgan fingerprint density at radius 1 is 1.36 bits per heavy atom. The highest BCUT2D eigenvalue weighted by atomic mass is 32.2. The summed E-state index contributed by atoms with van der Waals surface area (Å²) >= 11 is 0. The van der Waals surface area contributed by atoms with Crippen LogP contribution < -0.4 is 0 Å². The van der Waals surface area contributed by atoms with Crippen molar-refractivity contribution >= 4 is 16.8 Å². The molecular weight excluding hydrogens is 225 g/mol. The number of hydrogen-bond acceptors (Lipinski definition) is 3. The lowest BCUT2D eigenvalue weighted by Crippen LogP contribution is -2.19. The van der Waals surface area contributed by atoms with Gasteiger partial charge in [-0.15, -0.1) is 13.2 Å². The van der Waals surface area contributed by atoms with Crippen LogP contribution in [0.5, 0.6) is 0 Å². The van der Waals surface area contributed by atoms with Crippen LogP contribution in [-0.4, -0.2) is 39.8 Å². The molecule has 4 nitrogen and oxygen atoms in total. The van der Waals surface area contributed by atoms with E-state index in [4.69, 9.17) is 5.11 Å². The van der Waals surface area contributed by atoms with Gasteiger partial charge in [0.25, 0.3) is 0 Å². The van der Waals surface area contributed by atoms with E-state index in [0.29, 0.717) is 0 Å². The van der Waals surface area contributed by atoms with Gasteiger partial charge in [-0.1, -0.05) is 0 Å². The van der Waals surface area contributed by atoms with Crippen LogP contribution in [-0.2, 0) is 20.3 Å². The average Bonchev–Trinajstić information content (AvgIpc) is 1.98. The van der Waals surface area contributed by atoms with Gasteiger partial charge in [0.15, 0.2) is 0 Å². The van der Waals surface area contributed by atoms with Crippen molar-refractivity contribution in [3.8, 4) is 0 Å². The SMILES string of the molecule is O=C(O)CCS(=O)CCOC(F)(F)F. The van der Waals surface area contributed by atoms with Crippen molar-refractivity contribution in [1.82, 2.24) is 0 Å². The van der Waals surface area contributed by atoms with Crippen LogP contribution in [0.2, 0.25) is 0 Å². The fourth-order valence-corrected chi connectivity index (χ4v) is 1.43. The first kappa shape index (κ1) is 13.4. The number of rotatable bonds is 6. The van der Waals surface area contributed by atoms with Crippen molar-refractivity contribution in [2.45, 2.75) is 12.8 Å². The minimum atomic E-state index is -4.73. The molecule has 14 heavy (non-hydrogen) atoms. The summed E-state index contributed by atoms with van der Waals surface area (Å²) in [7, 11) is -1.58. The molecule has 0 fully saturated rings. The number of carbonyl (C=O) groups is 1.